The van der Waals surface area contributed by atoms with Gasteiger partial charge in [0.2, 0.25) is 0 Å². The van der Waals surface area contributed by atoms with Crippen molar-refractivity contribution in [3.63, 3.8) is 0 Å². The quantitative estimate of drug-likeness (QED) is 0.578. The second kappa shape index (κ2) is 9.07. The van der Waals surface area contributed by atoms with Gasteiger partial charge in [0.25, 0.3) is 0 Å². The minimum atomic E-state index is 0.604. The van der Waals surface area contributed by atoms with E-state index in [0.717, 1.165) is 36.9 Å². The molecule has 2 unspecified atom stereocenters. The summed E-state index contributed by atoms with van der Waals surface area (Å²) in [4.78, 5) is 7.56. The summed E-state index contributed by atoms with van der Waals surface area (Å²) in [5.74, 6) is 2.88. The molecule has 0 bridgehead atoms. The summed E-state index contributed by atoms with van der Waals surface area (Å²) in [5.41, 5.74) is 0. The van der Waals surface area contributed by atoms with Gasteiger partial charge in [0.05, 0.1) is 0 Å². The van der Waals surface area contributed by atoms with Crippen LogP contribution >= 0.6 is 0 Å². The lowest BCUT2D eigenvalue weighted by Crippen LogP contribution is -2.49. The fourth-order valence-corrected chi connectivity index (χ4v) is 4.54. The van der Waals surface area contributed by atoms with Gasteiger partial charge in [-0.3, -0.25) is 4.99 Å². The van der Waals surface area contributed by atoms with Crippen molar-refractivity contribution < 1.29 is 0 Å². The minimum Gasteiger partial charge on any atom is -0.357 e. The van der Waals surface area contributed by atoms with Gasteiger partial charge in [0.1, 0.15) is 0 Å². The Morgan fingerprint density at radius 1 is 1.08 bits per heavy atom. The molecule has 3 fully saturated rings. The lowest BCUT2D eigenvalue weighted by atomic mass is 9.81. The standard InChI is InChI=1S/C20H38N4/c1-3-21-20(22-12-9-17-6-4-5-16(2)15-17)23-18-10-13-24(14-11-18)19-7-8-19/h16-19H,3-15H2,1-2H3,(H2,21,22,23). The first-order valence-corrected chi connectivity index (χ1v) is 10.5. The first-order valence-electron chi connectivity index (χ1n) is 10.5. The van der Waals surface area contributed by atoms with Crippen molar-refractivity contribution in [2.24, 2.45) is 16.8 Å². The second-order valence-corrected chi connectivity index (χ2v) is 8.37. The third kappa shape index (κ3) is 5.65. The highest BCUT2D eigenvalue weighted by molar-refractivity contribution is 5.80. The molecule has 24 heavy (non-hydrogen) atoms. The highest BCUT2D eigenvalue weighted by Gasteiger charge is 2.31. The Morgan fingerprint density at radius 3 is 2.54 bits per heavy atom. The summed E-state index contributed by atoms with van der Waals surface area (Å²) >= 11 is 0. The Morgan fingerprint density at radius 2 is 1.88 bits per heavy atom. The lowest BCUT2D eigenvalue weighted by Gasteiger charge is -2.33. The molecule has 0 spiro atoms. The summed E-state index contributed by atoms with van der Waals surface area (Å²) < 4.78 is 0. The van der Waals surface area contributed by atoms with E-state index in [1.165, 1.54) is 70.9 Å². The number of likely N-dealkylation sites (tertiary alicyclic amines) is 1. The molecular formula is C20H38N4. The van der Waals surface area contributed by atoms with Crippen LogP contribution in [0, 0.1) is 11.8 Å². The summed E-state index contributed by atoms with van der Waals surface area (Å²) in [5, 5.41) is 7.14. The van der Waals surface area contributed by atoms with Crippen LogP contribution in [-0.2, 0) is 0 Å². The number of nitrogens with zero attached hydrogens (tertiary/aromatic N) is 2. The van der Waals surface area contributed by atoms with E-state index in [4.69, 9.17) is 4.99 Å². The van der Waals surface area contributed by atoms with Crippen molar-refractivity contribution in [3.8, 4) is 0 Å². The van der Waals surface area contributed by atoms with E-state index in [9.17, 15) is 0 Å². The van der Waals surface area contributed by atoms with E-state index in [0.29, 0.717) is 6.04 Å². The maximum absolute atomic E-state index is 4.87. The molecule has 1 heterocycles. The number of rotatable bonds is 6. The largest absolute Gasteiger partial charge is 0.357 e. The number of hydrogen-bond acceptors (Lipinski definition) is 2. The van der Waals surface area contributed by atoms with Crippen LogP contribution in [0.25, 0.3) is 0 Å². The molecule has 1 saturated heterocycles. The fourth-order valence-electron chi connectivity index (χ4n) is 4.54. The van der Waals surface area contributed by atoms with Gasteiger partial charge in [-0.25, -0.2) is 0 Å². The minimum absolute atomic E-state index is 0.604. The SMILES string of the molecule is CCNC(=NCCC1CCCC(C)C1)NC1CCN(C2CC2)CC1. The van der Waals surface area contributed by atoms with Gasteiger partial charge in [-0.05, 0) is 57.3 Å². The van der Waals surface area contributed by atoms with Crippen LogP contribution in [0.5, 0.6) is 0 Å². The highest BCUT2D eigenvalue weighted by Crippen LogP contribution is 2.31. The lowest BCUT2D eigenvalue weighted by molar-refractivity contribution is 0.197. The normalized spacial score (nSPS) is 30.3. The maximum atomic E-state index is 4.87. The van der Waals surface area contributed by atoms with Gasteiger partial charge >= 0.3 is 0 Å². The van der Waals surface area contributed by atoms with E-state index < -0.39 is 0 Å². The molecule has 2 saturated carbocycles. The molecule has 2 atom stereocenters. The molecule has 0 aromatic heterocycles. The first kappa shape index (κ1) is 18.0. The Labute approximate surface area is 148 Å². The van der Waals surface area contributed by atoms with Crippen LogP contribution in [-0.4, -0.2) is 49.1 Å². The van der Waals surface area contributed by atoms with Crippen molar-refractivity contribution in [2.45, 2.75) is 83.7 Å². The predicted octanol–water partition coefficient (Wildman–Crippen LogP) is 3.38. The van der Waals surface area contributed by atoms with Gasteiger partial charge in [-0.15, -0.1) is 0 Å². The molecular weight excluding hydrogens is 296 g/mol. The maximum Gasteiger partial charge on any atom is 0.191 e. The monoisotopic (exact) mass is 334 g/mol. The van der Waals surface area contributed by atoms with E-state index >= 15 is 0 Å². The molecule has 0 amide bonds. The molecule has 3 aliphatic rings. The number of guanidine groups is 1. The Kier molecular flexibility index (Phi) is 6.82. The van der Waals surface area contributed by atoms with Gasteiger partial charge < -0.3 is 15.5 Å². The first-order chi connectivity index (χ1) is 11.7. The van der Waals surface area contributed by atoms with E-state index in [-0.39, 0.29) is 0 Å². The average molecular weight is 335 g/mol. The van der Waals surface area contributed by atoms with Gasteiger partial charge in [-0.2, -0.15) is 0 Å². The average Bonchev–Trinajstić information content (AvgIpc) is 3.41. The highest BCUT2D eigenvalue weighted by atomic mass is 15.2. The third-order valence-corrected chi connectivity index (χ3v) is 6.13. The number of hydrogen-bond donors (Lipinski definition) is 2. The predicted molar refractivity (Wildman–Crippen MR) is 102 cm³/mol. The Balaban J connectivity index is 1.40. The van der Waals surface area contributed by atoms with Crippen molar-refractivity contribution in [2.75, 3.05) is 26.2 Å². The third-order valence-electron chi connectivity index (χ3n) is 6.13. The summed E-state index contributed by atoms with van der Waals surface area (Å²) in [6.45, 7) is 9.04. The molecule has 4 heteroatoms. The summed E-state index contributed by atoms with van der Waals surface area (Å²) in [7, 11) is 0. The summed E-state index contributed by atoms with van der Waals surface area (Å²) in [6, 6.07) is 1.53. The summed E-state index contributed by atoms with van der Waals surface area (Å²) in [6.07, 6.45) is 12.4. The van der Waals surface area contributed by atoms with Crippen molar-refractivity contribution in [3.05, 3.63) is 0 Å². The van der Waals surface area contributed by atoms with Crippen LogP contribution in [0.2, 0.25) is 0 Å². The van der Waals surface area contributed by atoms with E-state index in [1.807, 2.05) is 0 Å². The van der Waals surface area contributed by atoms with Gasteiger partial charge in [0, 0.05) is 38.3 Å². The molecule has 0 aromatic rings. The number of piperidine rings is 1. The second-order valence-electron chi connectivity index (χ2n) is 8.37. The molecule has 2 aliphatic carbocycles. The number of nitrogens with one attached hydrogen (secondary N) is 2. The van der Waals surface area contributed by atoms with E-state index in [1.54, 1.807) is 0 Å². The topological polar surface area (TPSA) is 39.7 Å². The van der Waals surface area contributed by atoms with Gasteiger partial charge in [-0.1, -0.05) is 26.2 Å². The van der Waals surface area contributed by atoms with E-state index in [2.05, 4.69) is 29.4 Å². The molecule has 3 rings (SSSR count). The van der Waals surface area contributed by atoms with Crippen molar-refractivity contribution in [1.29, 1.82) is 0 Å². The van der Waals surface area contributed by atoms with Crippen LogP contribution in [0.1, 0.15) is 71.6 Å². The zero-order valence-corrected chi connectivity index (χ0v) is 15.9. The zero-order chi connectivity index (χ0) is 16.8. The van der Waals surface area contributed by atoms with Crippen molar-refractivity contribution >= 4 is 5.96 Å². The van der Waals surface area contributed by atoms with Crippen LogP contribution in [0.4, 0.5) is 0 Å². The van der Waals surface area contributed by atoms with Crippen LogP contribution < -0.4 is 10.6 Å². The van der Waals surface area contributed by atoms with Gasteiger partial charge in [0.15, 0.2) is 5.96 Å². The van der Waals surface area contributed by atoms with Crippen molar-refractivity contribution in [1.82, 2.24) is 15.5 Å². The number of aliphatic imine (C=N–C) groups is 1. The zero-order valence-electron chi connectivity index (χ0n) is 15.9. The smallest absolute Gasteiger partial charge is 0.191 e. The molecule has 138 valence electrons. The molecule has 1 aliphatic heterocycles. The Hall–Kier alpha value is -0.770. The molecule has 0 radical (unpaired) electrons. The molecule has 0 aromatic carbocycles. The molecule has 2 N–H and O–H groups in total. The van der Waals surface area contributed by atoms with Crippen LogP contribution in [0.3, 0.4) is 0 Å². The van der Waals surface area contributed by atoms with Crippen LogP contribution in [0.15, 0.2) is 4.99 Å². The fraction of sp³-hybridized carbons (Fsp3) is 0.950. The Bertz CT molecular complexity index is 396. The molecule has 4 nitrogen and oxygen atoms in total.